The van der Waals surface area contributed by atoms with Crippen molar-refractivity contribution in [2.45, 2.75) is 45.3 Å². The van der Waals surface area contributed by atoms with Crippen molar-refractivity contribution in [2.24, 2.45) is 0 Å². The minimum Gasteiger partial charge on any atom is -0.508 e. The summed E-state index contributed by atoms with van der Waals surface area (Å²) in [6, 6.07) is 8.67. The van der Waals surface area contributed by atoms with Gasteiger partial charge in [-0.05, 0) is 38.0 Å². The molecule has 1 aliphatic carbocycles. The molecule has 1 aliphatic rings. The molecule has 1 N–H and O–H groups in total. The first-order valence-corrected chi connectivity index (χ1v) is 8.14. The molecule has 0 aromatic carbocycles. The Labute approximate surface area is 140 Å². The highest BCUT2D eigenvalue weighted by atomic mass is 16.3. The summed E-state index contributed by atoms with van der Waals surface area (Å²) in [5, 5.41) is 9.43. The van der Waals surface area contributed by atoms with Crippen molar-refractivity contribution in [1.82, 2.24) is 14.5 Å². The first kappa shape index (κ1) is 16.2. The molecular formula is C18H21N3O3. The normalized spacial score (nSPS) is 13.7. The van der Waals surface area contributed by atoms with Gasteiger partial charge in [-0.25, -0.2) is 0 Å². The van der Waals surface area contributed by atoms with E-state index in [0.717, 1.165) is 18.5 Å². The molecular weight excluding hydrogens is 306 g/mol. The zero-order valence-electron chi connectivity index (χ0n) is 13.7. The Morgan fingerprint density at radius 2 is 2.17 bits per heavy atom. The van der Waals surface area contributed by atoms with Crippen LogP contribution in [0.1, 0.15) is 30.7 Å². The molecule has 1 saturated carbocycles. The Morgan fingerprint density at radius 1 is 1.38 bits per heavy atom. The molecule has 0 aliphatic heterocycles. The molecule has 0 saturated heterocycles. The van der Waals surface area contributed by atoms with Gasteiger partial charge in [0.2, 0.25) is 5.91 Å². The van der Waals surface area contributed by atoms with Crippen LogP contribution in [0.2, 0.25) is 0 Å². The van der Waals surface area contributed by atoms with Gasteiger partial charge in [0.1, 0.15) is 5.75 Å². The molecule has 126 valence electrons. The molecule has 1 amide bonds. The molecule has 0 atom stereocenters. The van der Waals surface area contributed by atoms with Crippen LogP contribution in [0.3, 0.4) is 0 Å². The number of hydrogen-bond donors (Lipinski definition) is 1. The molecule has 1 fully saturated rings. The average molecular weight is 327 g/mol. The minimum absolute atomic E-state index is 0.0301. The van der Waals surface area contributed by atoms with E-state index in [2.05, 4.69) is 4.98 Å². The van der Waals surface area contributed by atoms with Gasteiger partial charge < -0.3 is 14.6 Å². The van der Waals surface area contributed by atoms with Crippen molar-refractivity contribution in [3.63, 3.8) is 0 Å². The van der Waals surface area contributed by atoms with Crippen LogP contribution in [0.4, 0.5) is 0 Å². The van der Waals surface area contributed by atoms with Crippen LogP contribution in [-0.4, -0.2) is 31.5 Å². The van der Waals surface area contributed by atoms with Crippen LogP contribution in [0.5, 0.6) is 5.75 Å². The van der Waals surface area contributed by atoms with Crippen molar-refractivity contribution in [1.29, 1.82) is 0 Å². The number of hydrogen-bond acceptors (Lipinski definition) is 4. The summed E-state index contributed by atoms with van der Waals surface area (Å²) in [4.78, 5) is 30.7. The number of pyridine rings is 2. The van der Waals surface area contributed by atoms with Gasteiger partial charge in [-0.2, -0.15) is 0 Å². The predicted octanol–water partition coefficient (Wildman–Crippen LogP) is 1.84. The quantitative estimate of drug-likeness (QED) is 0.878. The lowest BCUT2D eigenvalue weighted by atomic mass is 10.2. The van der Waals surface area contributed by atoms with Crippen LogP contribution >= 0.6 is 0 Å². The smallest absolute Gasteiger partial charge is 0.254 e. The van der Waals surface area contributed by atoms with E-state index in [-0.39, 0.29) is 29.7 Å². The standard InChI is InChI=1S/C18H21N3O3/c1-13-10-16(22)11-18(24)20(13)9-7-17(23)21(15-5-6-15)12-14-4-2-3-8-19-14/h2-4,8,10-11,15,22H,5-7,9,12H2,1H3. The lowest BCUT2D eigenvalue weighted by Gasteiger charge is -2.22. The highest BCUT2D eigenvalue weighted by Crippen LogP contribution is 2.28. The van der Waals surface area contributed by atoms with E-state index in [4.69, 9.17) is 0 Å². The lowest BCUT2D eigenvalue weighted by molar-refractivity contribution is -0.132. The third-order valence-corrected chi connectivity index (χ3v) is 4.24. The van der Waals surface area contributed by atoms with Crippen LogP contribution < -0.4 is 5.56 Å². The summed E-state index contributed by atoms with van der Waals surface area (Å²) >= 11 is 0. The summed E-state index contributed by atoms with van der Waals surface area (Å²) in [6.07, 6.45) is 4.03. The van der Waals surface area contributed by atoms with Crippen molar-refractivity contribution in [3.05, 3.63) is 58.3 Å². The number of amides is 1. The van der Waals surface area contributed by atoms with Crippen molar-refractivity contribution in [2.75, 3.05) is 0 Å². The van der Waals surface area contributed by atoms with Gasteiger partial charge in [0.15, 0.2) is 0 Å². The molecule has 2 aromatic heterocycles. The highest BCUT2D eigenvalue weighted by molar-refractivity contribution is 5.76. The number of nitrogens with zero attached hydrogens (tertiary/aromatic N) is 3. The highest BCUT2D eigenvalue weighted by Gasteiger charge is 2.32. The topological polar surface area (TPSA) is 75.4 Å². The maximum absolute atomic E-state index is 12.6. The average Bonchev–Trinajstić information content (AvgIpc) is 3.37. The van der Waals surface area contributed by atoms with E-state index in [9.17, 15) is 14.7 Å². The fourth-order valence-electron chi connectivity index (χ4n) is 2.82. The largest absolute Gasteiger partial charge is 0.508 e. The first-order chi connectivity index (χ1) is 11.5. The molecule has 24 heavy (non-hydrogen) atoms. The van der Waals surface area contributed by atoms with Gasteiger partial charge in [-0.3, -0.25) is 14.6 Å². The van der Waals surface area contributed by atoms with Gasteiger partial charge in [-0.1, -0.05) is 6.07 Å². The summed E-state index contributed by atoms with van der Waals surface area (Å²) in [5.41, 5.74) is 1.23. The van der Waals surface area contributed by atoms with Crippen LogP contribution in [0.15, 0.2) is 41.3 Å². The van der Waals surface area contributed by atoms with E-state index >= 15 is 0 Å². The molecule has 2 aromatic rings. The predicted molar refractivity (Wildman–Crippen MR) is 89.5 cm³/mol. The number of aromatic nitrogens is 2. The Morgan fingerprint density at radius 3 is 2.79 bits per heavy atom. The number of carbonyl (C=O) groups excluding carboxylic acids is 1. The monoisotopic (exact) mass is 327 g/mol. The SMILES string of the molecule is Cc1cc(O)cc(=O)n1CCC(=O)N(Cc1ccccn1)C1CC1. The number of aromatic hydroxyl groups is 1. The van der Waals surface area contributed by atoms with Crippen LogP contribution in [-0.2, 0) is 17.9 Å². The molecule has 0 spiro atoms. The summed E-state index contributed by atoms with van der Waals surface area (Å²) in [6.45, 7) is 2.57. The maximum atomic E-state index is 12.6. The molecule has 0 bridgehead atoms. The number of aryl methyl sites for hydroxylation is 1. The van der Waals surface area contributed by atoms with Gasteiger partial charge >= 0.3 is 0 Å². The Kier molecular flexibility index (Phi) is 4.64. The zero-order chi connectivity index (χ0) is 17.1. The number of carbonyl (C=O) groups is 1. The van der Waals surface area contributed by atoms with E-state index in [1.54, 1.807) is 13.1 Å². The van der Waals surface area contributed by atoms with Crippen molar-refractivity contribution < 1.29 is 9.90 Å². The summed E-state index contributed by atoms with van der Waals surface area (Å²) in [5.74, 6) is -0.0163. The van der Waals surface area contributed by atoms with Crippen molar-refractivity contribution in [3.8, 4) is 5.75 Å². The van der Waals surface area contributed by atoms with E-state index in [0.29, 0.717) is 18.8 Å². The fourth-order valence-corrected chi connectivity index (χ4v) is 2.82. The lowest BCUT2D eigenvalue weighted by Crippen LogP contribution is -2.34. The van der Waals surface area contributed by atoms with E-state index in [1.807, 2.05) is 23.1 Å². The van der Waals surface area contributed by atoms with Gasteiger partial charge in [-0.15, -0.1) is 0 Å². The van der Waals surface area contributed by atoms with Crippen LogP contribution in [0, 0.1) is 6.92 Å². The summed E-state index contributed by atoms with van der Waals surface area (Å²) in [7, 11) is 0. The Hall–Kier alpha value is -2.63. The molecule has 6 nitrogen and oxygen atoms in total. The zero-order valence-corrected chi connectivity index (χ0v) is 13.7. The third-order valence-electron chi connectivity index (χ3n) is 4.24. The van der Waals surface area contributed by atoms with Crippen LogP contribution in [0.25, 0.3) is 0 Å². The maximum Gasteiger partial charge on any atom is 0.254 e. The van der Waals surface area contributed by atoms with Gasteiger partial charge in [0.05, 0.1) is 12.2 Å². The molecule has 6 heteroatoms. The molecule has 0 unspecified atom stereocenters. The third kappa shape index (κ3) is 3.82. The molecule has 3 rings (SSSR count). The van der Waals surface area contributed by atoms with Gasteiger partial charge in [0, 0.05) is 37.0 Å². The fraction of sp³-hybridized carbons (Fsp3) is 0.389. The second-order valence-corrected chi connectivity index (χ2v) is 6.17. The Bertz CT molecular complexity index is 782. The second kappa shape index (κ2) is 6.86. The second-order valence-electron chi connectivity index (χ2n) is 6.17. The van der Waals surface area contributed by atoms with Gasteiger partial charge in [0.25, 0.3) is 5.56 Å². The first-order valence-electron chi connectivity index (χ1n) is 8.14. The molecule has 0 radical (unpaired) electrons. The van der Waals surface area contributed by atoms with E-state index < -0.39 is 0 Å². The molecule has 2 heterocycles. The summed E-state index contributed by atoms with van der Waals surface area (Å²) < 4.78 is 1.52. The Balaban J connectivity index is 1.68. The van der Waals surface area contributed by atoms with Crippen molar-refractivity contribution >= 4 is 5.91 Å². The minimum atomic E-state index is -0.289. The van der Waals surface area contributed by atoms with E-state index in [1.165, 1.54) is 16.7 Å². The number of rotatable bonds is 6.